The molecule has 104 valence electrons. The largest absolute Gasteiger partial charge is 0.467 e. The van der Waals surface area contributed by atoms with Crippen LogP contribution in [0.4, 0.5) is 5.69 Å². The Balaban J connectivity index is 3.08. The lowest BCUT2D eigenvalue weighted by atomic mass is 10.2. The highest BCUT2D eigenvalue weighted by atomic mass is 16.6. The average Bonchev–Trinajstić information content (AvgIpc) is 2.38. The second kappa shape index (κ2) is 6.50. The van der Waals surface area contributed by atoms with Crippen LogP contribution in [-0.4, -0.2) is 40.8 Å². The summed E-state index contributed by atoms with van der Waals surface area (Å²) in [6, 6.07) is 1.12. The molecule has 0 aliphatic heterocycles. The third-order valence-corrected chi connectivity index (χ3v) is 2.15. The van der Waals surface area contributed by atoms with E-state index in [1.54, 1.807) is 6.92 Å². The number of pyridine rings is 1. The van der Waals surface area contributed by atoms with Gasteiger partial charge in [-0.3, -0.25) is 10.1 Å². The number of methoxy groups -OCH3 is 1. The van der Waals surface area contributed by atoms with Crippen molar-refractivity contribution in [2.75, 3.05) is 13.7 Å². The topological polar surface area (TPSA) is 133 Å². The summed E-state index contributed by atoms with van der Waals surface area (Å²) in [6.45, 7) is 1.95. The average molecular weight is 270 g/mol. The van der Waals surface area contributed by atoms with E-state index in [1.165, 1.54) is 13.3 Å². The molecule has 0 radical (unpaired) electrons. The fourth-order valence-electron chi connectivity index (χ4n) is 1.32. The van der Waals surface area contributed by atoms with E-state index < -0.39 is 11.0 Å². The maximum atomic E-state index is 10.9. The lowest BCUT2D eigenvalue weighted by molar-refractivity contribution is -0.386. The number of nitrogens with zero attached hydrogens (tertiary/aromatic N) is 3. The zero-order valence-electron chi connectivity index (χ0n) is 10.4. The van der Waals surface area contributed by atoms with Crippen molar-refractivity contribution >= 4 is 11.5 Å². The van der Waals surface area contributed by atoms with Gasteiger partial charge in [-0.15, -0.1) is 0 Å². The molecule has 1 atom stereocenters. The number of ether oxygens (including phenoxy) is 2. The summed E-state index contributed by atoms with van der Waals surface area (Å²) in [4.78, 5) is 14.1. The number of hydrogen-bond donors (Lipinski definition) is 2. The van der Waals surface area contributed by atoms with Crippen LogP contribution in [0.3, 0.4) is 0 Å². The first-order valence-corrected chi connectivity index (χ1v) is 5.27. The van der Waals surface area contributed by atoms with Crippen LogP contribution in [0.1, 0.15) is 12.5 Å². The van der Waals surface area contributed by atoms with Gasteiger partial charge < -0.3 is 20.4 Å². The van der Waals surface area contributed by atoms with E-state index >= 15 is 0 Å². The van der Waals surface area contributed by atoms with Gasteiger partial charge in [0.05, 0.1) is 11.5 Å². The van der Waals surface area contributed by atoms with Gasteiger partial charge in [0.25, 0.3) is 5.88 Å². The molecule has 1 heterocycles. The maximum absolute atomic E-state index is 10.9. The van der Waals surface area contributed by atoms with E-state index in [-0.39, 0.29) is 29.6 Å². The minimum absolute atomic E-state index is 0.126. The number of amidine groups is 1. The molecule has 0 spiro atoms. The summed E-state index contributed by atoms with van der Waals surface area (Å²) in [5.74, 6) is -0.420. The third kappa shape index (κ3) is 3.78. The number of oxime groups is 1. The standard InChI is InChI=1S/C10H14N4O5/c1-6(5-18-2)19-10-8(14(16)17)3-7(4-12-10)9(11)13-15/h3-4,6,15H,5H2,1-2H3,(H2,11,13). The maximum Gasteiger partial charge on any atom is 0.331 e. The van der Waals surface area contributed by atoms with Crippen molar-refractivity contribution in [1.29, 1.82) is 0 Å². The second-order valence-electron chi connectivity index (χ2n) is 3.67. The van der Waals surface area contributed by atoms with Gasteiger partial charge in [-0.05, 0) is 6.92 Å². The molecule has 3 N–H and O–H groups in total. The van der Waals surface area contributed by atoms with Gasteiger partial charge in [0, 0.05) is 24.9 Å². The normalized spacial score (nSPS) is 13.1. The molecular weight excluding hydrogens is 256 g/mol. The molecule has 9 nitrogen and oxygen atoms in total. The van der Waals surface area contributed by atoms with E-state index in [4.69, 9.17) is 20.4 Å². The summed E-state index contributed by atoms with van der Waals surface area (Å²) in [5.41, 5.74) is 5.10. The number of hydrogen-bond acceptors (Lipinski definition) is 7. The molecular formula is C10H14N4O5. The summed E-state index contributed by atoms with van der Waals surface area (Å²) in [6.07, 6.45) is 0.822. The highest BCUT2D eigenvalue weighted by Crippen LogP contribution is 2.25. The van der Waals surface area contributed by atoms with Crippen LogP contribution in [0.5, 0.6) is 5.88 Å². The van der Waals surface area contributed by atoms with Crippen molar-refractivity contribution in [3.63, 3.8) is 0 Å². The SMILES string of the molecule is COCC(C)Oc1ncc(C(N)=NO)cc1[N+](=O)[O-]. The zero-order valence-corrected chi connectivity index (χ0v) is 10.4. The van der Waals surface area contributed by atoms with Gasteiger partial charge >= 0.3 is 5.69 Å². The minimum Gasteiger partial charge on any atom is -0.467 e. The number of nitro groups is 1. The molecule has 1 rings (SSSR count). The van der Waals surface area contributed by atoms with Crippen molar-refractivity contribution in [2.45, 2.75) is 13.0 Å². The van der Waals surface area contributed by atoms with Crippen LogP contribution in [0.25, 0.3) is 0 Å². The van der Waals surface area contributed by atoms with Gasteiger partial charge in [-0.2, -0.15) is 0 Å². The molecule has 1 unspecified atom stereocenters. The monoisotopic (exact) mass is 270 g/mol. The highest BCUT2D eigenvalue weighted by Gasteiger charge is 2.21. The quantitative estimate of drug-likeness (QED) is 0.253. The fourth-order valence-corrected chi connectivity index (χ4v) is 1.32. The van der Waals surface area contributed by atoms with Crippen molar-refractivity contribution in [3.05, 3.63) is 27.9 Å². The van der Waals surface area contributed by atoms with Crippen LogP contribution in [0.2, 0.25) is 0 Å². The first kappa shape index (κ1) is 14.6. The Morgan fingerprint density at radius 1 is 1.74 bits per heavy atom. The Bertz CT molecular complexity index is 491. The fraction of sp³-hybridized carbons (Fsp3) is 0.400. The highest BCUT2D eigenvalue weighted by molar-refractivity contribution is 5.97. The van der Waals surface area contributed by atoms with Gasteiger partial charge in [0.2, 0.25) is 0 Å². The molecule has 0 aliphatic rings. The summed E-state index contributed by atoms with van der Waals surface area (Å²) < 4.78 is 10.2. The number of nitrogens with two attached hydrogens (primary N) is 1. The predicted molar refractivity (Wildman–Crippen MR) is 65.4 cm³/mol. The Morgan fingerprint density at radius 2 is 2.42 bits per heavy atom. The van der Waals surface area contributed by atoms with Crippen molar-refractivity contribution in [1.82, 2.24) is 4.98 Å². The van der Waals surface area contributed by atoms with Gasteiger partial charge in [-0.25, -0.2) is 4.98 Å². The van der Waals surface area contributed by atoms with Crippen LogP contribution in [-0.2, 0) is 4.74 Å². The lowest BCUT2D eigenvalue weighted by Crippen LogP contribution is -2.20. The summed E-state index contributed by atoms with van der Waals surface area (Å²) in [7, 11) is 1.49. The molecule has 0 amide bonds. The van der Waals surface area contributed by atoms with Crippen molar-refractivity contribution < 1.29 is 19.6 Å². The van der Waals surface area contributed by atoms with Crippen LogP contribution in [0.15, 0.2) is 17.4 Å². The molecule has 0 saturated heterocycles. The van der Waals surface area contributed by atoms with Crippen LogP contribution >= 0.6 is 0 Å². The molecule has 0 aliphatic carbocycles. The van der Waals surface area contributed by atoms with Crippen LogP contribution in [0, 0.1) is 10.1 Å². The van der Waals surface area contributed by atoms with E-state index in [0.29, 0.717) is 0 Å². The Morgan fingerprint density at radius 3 is 2.95 bits per heavy atom. The number of rotatable bonds is 6. The molecule has 1 aromatic heterocycles. The van der Waals surface area contributed by atoms with Crippen molar-refractivity contribution in [3.8, 4) is 5.88 Å². The first-order valence-electron chi connectivity index (χ1n) is 5.27. The van der Waals surface area contributed by atoms with Gasteiger partial charge in [-0.1, -0.05) is 5.16 Å². The molecule has 0 saturated carbocycles. The van der Waals surface area contributed by atoms with Gasteiger partial charge in [0.1, 0.15) is 6.10 Å². The van der Waals surface area contributed by atoms with E-state index in [0.717, 1.165) is 6.07 Å². The van der Waals surface area contributed by atoms with E-state index in [9.17, 15) is 10.1 Å². The predicted octanol–water partition coefficient (Wildman–Crippen LogP) is 0.498. The first-order chi connectivity index (χ1) is 8.99. The molecule has 1 aromatic rings. The Kier molecular flexibility index (Phi) is 5.01. The molecule has 0 bridgehead atoms. The Hall–Kier alpha value is -2.42. The van der Waals surface area contributed by atoms with Gasteiger partial charge in [0.15, 0.2) is 5.84 Å². The van der Waals surface area contributed by atoms with E-state index in [1.807, 2.05) is 0 Å². The smallest absolute Gasteiger partial charge is 0.331 e. The Labute approximate surface area is 108 Å². The molecule has 0 aromatic carbocycles. The zero-order chi connectivity index (χ0) is 14.4. The molecule has 19 heavy (non-hydrogen) atoms. The summed E-state index contributed by atoms with van der Waals surface area (Å²) in [5, 5.41) is 22.2. The summed E-state index contributed by atoms with van der Waals surface area (Å²) >= 11 is 0. The molecule has 9 heteroatoms. The molecule has 0 fully saturated rings. The van der Waals surface area contributed by atoms with Crippen molar-refractivity contribution in [2.24, 2.45) is 10.9 Å². The second-order valence-corrected chi connectivity index (χ2v) is 3.67. The minimum atomic E-state index is -0.657. The number of aromatic nitrogens is 1. The lowest BCUT2D eigenvalue weighted by Gasteiger charge is -2.12. The van der Waals surface area contributed by atoms with E-state index in [2.05, 4.69) is 10.1 Å². The van der Waals surface area contributed by atoms with Crippen LogP contribution < -0.4 is 10.5 Å². The third-order valence-electron chi connectivity index (χ3n) is 2.15.